The number of H-pyrrole nitrogens is 1. The third kappa shape index (κ3) is 1.73. The van der Waals surface area contributed by atoms with Crippen molar-refractivity contribution < 1.29 is 4.39 Å². The van der Waals surface area contributed by atoms with Gasteiger partial charge in [-0.1, -0.05) is 15.9 Å². The number of aromatic nitrogens is 1. The molecule has 0 unspecified atom stereocenters. The summed E-state index contributed by atoms with van der Waals surface area (Å²) in [5.74, 6) is -0.213. The van der Waals surface area contributed by atoms with E-state index in [1.54, 1.807) is 12.1 Å². The SMILES string of the molecule is Cc1c[nH]c(-c2cc(Br)ccc2F)c1. The van der Waals surface area contributed by atoms with Gasteiger partial charge >= 0.3 is 0 Å². The van der Waals surface area contributed by atoms with E-state index in [1.807, 2.05) is 19.2 Å². The molecule has 1 aromatic carbocycles. The summed E-state index contributed by atoms with van der Waals surface area (Å²) in [6.45, 7) is 1.97. The Bertz CT molecular complexity index is 462. The summed E-state index contributed by atoms with van der Waals surface area (Å²) in [5.41, 5.74) is 2.49. The Balaban J connectivity index is 2.55. The topological polar surface area (TPSA) is 15.8 Å². The van der Waals surface area contributed by atoms with Gasteiger partial charge in [0.25, 0.3) is 0 Å². The van der Waals surface area contributed by atoms with Crippen LogP contribution in [0, 0.1) is 12.7 Å². The van der Waals surface area contributed by atoms with Crippen LogP contribution in [0.4, 0.5) is 4.39 Å². The Labute approximate surface area is 90.1 Å². The van der Waals surface area contributed by atoms with Gasteiger partial charge in [-0.3, -0.25) is 0 Å². The molecule has 1 N–H and O–H groups in total. The number of rotatable bonds is 1. The molecule has 2 aromatic rings. The molecule has 72 valence electrons. The lowest BCUT2D eigenvalue weighted by molar-refractivity contribution is 0.630. The first kappa shape index (κ1) is 9.46. The molecule has 1 aromatic heterocycles. The average molecular weight is 254 g/mol. The summed E-state index contributed by atoms with van der Waals surface area (Å²) < 4.78 is 14.3. The molecule has 0 atom stereocenters. The summed E-state index contributed by atoms with van der Waals surface area (Å²) in [7, 11) is 0. The third-order valence-electron chi connectivity index (χ3n) is 2.05. The van der Waals surface area contributed by atoms with Crippen molar-refractivity contribution in [2.45, 2.75) is 6.92 Å². The van der Waals surface area contributed by atoms with Gasteiger partial charge in [0.15, 0.2) is 0 Å². The normalized spacial score (nSPS) is 10.5. The molecule has 1 heterocycles. The highest BCUT2D eigenvalue weighted by Gasteiger charge is 2.06. The van der Waals surface area contributed by atoms with Crippen molar-refractivity contribution >= 4 is 15.9 Å². The molecule has 2 rings (SSSR count). The third-order valence-corrected chi connectivity index (χ3v) is 2.54. The predicted octanol–water partition coefficient (Wildman–Crippen LogP) is 3.89. The molecule has 0 saturated carbocycles. The summed E-state index contributed by atoms with van der Waals surface area (Å²) in [5, 5.41) is 0. The van der Waals surface area contributed by atoms with Gasteiger partial charge in [-0.25, -0.2) is 4.39 Å². The van der Waals surface area contributed by atoms with Gasteiger partial charge in [0.1, 0.15) is 5.82 Å². The molecule has 3 heteroatoms. The standard InChI is InChI=1S/C11H9BrFN/c1-7-4-11(14-6-7)9-5-8(12)2-3-10(9)13/h2-6,14H,1H3. The number of aryl methyl sites for hydroxylation is 1. The molecule has 0 aliphatic carbocycles. The van der Waals surface area contributed by atoms with E-state index in [0.29, 0.717) is 5.56 Å². The molecule has 1 nitrogen and oxygen atoms in total. The van der Waals surface area contributed by atoms with Crippen molar-refractivity contribution in [2.24, 2.45) is 0 Å². The van der Waals surface area contributed by atoms with E-state index < -0.39 is 0 Å². The second-order valence-electron chi connectivity index (χ2n) is 3.21. The molecular weight excluding hydrogens is 245 g/mol. The Morgan fingerprint density at radius 2 is 2.07 bits per heavy atom. The van der Waals surface area contributed by atoms with Crippen LogP contribution in [0.15, 0.2) is 34.9 Å². The minimum absolute atomic E-state index is 0.213. The van der Waals surface area contributed by atoms with Gasteiger partial charge in [0.2, 0.25) is 0 Å². The Kier molecular flexibility index (Phi) is 2.42. The zero-order valence-corrected chi connectivity index (χ0v) is 9.23. The van der Waals surface area contributed by atoms with Crippen molar-refractivity contribution in [3.8, 4) is 11.3 Å². The maximum atomic E-state index is 13.4. The highest BCUT2D eigenvalue weighted by atomic mass is 79.9. The molecule has 0 saturated heterocycles. The lowest BCUT2D eigenvalue weighted by Gasteiger charge is -2.00. The molecule has 0 amide bonds. The first-order chi connectivity index (χ1) is 6.66. The van der Waals surface area contributed by atoms with Crippen molar-refractivity contribution in [1.82, 2.24) is 4.98 Å². The van der Waals surface area contributed by atoms with Gasteiger partial charge in [0.05, 0.1) is 0 Å². The minimum atomic E-state index is -0.213. The second kappa shape index (κ2) is 3.58. The van der Waals surface area contributed by atoms with E-state index in [2.05, 4.69) is 20.9 Å². The van der Waals surface area contributed by atoms with Crippen LogP contribution in [0.5, 0.6) is 0 Å². The fraction of sp³-hybridized carbons (Fsp3) is 0.0909. The van der Waals surface area contributed by atoms with Gasteiger partial charge in [-0.2, -0.15) is 0 Å². The van der Waals surface area contributed by atoms with Crippen molar-refractivity contribution in [2.75, 3.05) is 0 Å². The number of hydrogen-bond acceptors (Lipinski definition) is 0. The molecule has 0 aliphatic heterocycles. The Morgan fingerprint density at radius 1 is 1.29 bits per heavy atom. The van der Waals surface area contributed by atoms with E-state index in [1.165, 1.54) is 6.07 Å². The molecule has 14 heavy (non-hydrogen) atoms. The second-order valence-corrected chi connectivity index (χ2v) is 4.13. The van der Waals surface area contributed by atoms with Crippen molar-refractivity contribution in [3.05, 3.63) is 46.3 Å². The van der Waals surface area contributed by atoms with Crippen LogP contribution in [0.25, 0.3) is 11.3 Å². The monoisotopic (exact) mass is 253 g/mol. The molecule has 0 aliphatic rings. The molecule has 0 fully saturated rings. The fourth-order valence-corrected chi connectivity index (χ4v) is 1.72. The van der Waals surface area contributed by atoms with Crippen LogP contribution in [-0.4, -0.2) is 4.98 Å². The zero-order valence-electron chi connectivity index (χ0n) is 7.64. The fourth-order valence-electron chi connectivity index (χ4n) is 1.36. The first-order valence-corrected chi connectivity index (χ1v) is 5.06. The Hall–Kier alpha value is -1.09. The minimum Gasteiger partial charge on any atom is -0.361 e. The lowest BCUT2D eigenvalue weighted by Crippen LogP contribution is -1.83. The van der Waals surface area contributed by atoms with E-state index in [4.69, 9.17) is 0 Å². The molecule has 0 radical (unpaired) electrons. The quantitative estimate of drug-likeness (QED) is 0.794. The smallest absolute Gasteiger partial charge is 0.132 e. The number of aromatic amines is 1. The molecule has 0 bridgehead atoms. The maximum Gasteiger partial charge on any atom is 0.132 e. The van der Waals surface area contributed by atoms with Crippen LogP contribution in [0.1, 0.15) is 5.56 Å². The highest BCUT2D eigenvalue weighted by Crippen LogP contribution is 2.25. The summed E-state index contributed by atoms with van der Waals surface area (Å²) >= 11 is 3.32. The van der Waals surface area contributed by atoms with E-state index in [-0.39, 0.29) is 5.82 Å². The predicted molar refractivity (Wildman–Crippen MR) is 58.6 cm³/mol. The largest absolute Gasteiger partial charge is 0.361 e. The van der Waals surface area contributed by atoms with Crippen LogP contribution in [-0.2, 0) is 0 Å². The number of halogens is 2. The number of benzene rings is 1. The van der Waals surface area contributed by atoms with Crippen LogP contribution in [0.2, 0.25) is 0 Å². The lowest BCUT2D eigenvalue weighted by atomic mass is 10.1. The summed E-state index contributed by atoms with van der Waals surface area (Å²) in [6, 6.07) is 6.83. The number of nitrogens with one attached hydrogen (secondary N) is 1. The van der Waals surface area contributed by atoms with E-state index >= 15 is 0 Å². The zero-order chi connectivity index (χ0) is 10.1. The first-order valence-electron chi connectivity index (χ1n) is 4.27. The maximum absolute atomic E-state index is 13.4. The van der Waals surface area contributed by atoms with Gasteiger partial charge in [-0.15, -0.1) is 0 Å². The summed E-state index contributed by atoms with van der Waals surface area (Å²) in [4.78, 5) is 3.03. The Morgan fingerprint density at radius 3 is 2.71 bits per heavy atom. The van der Waals surface area contributed by atoms with Gasteiger partial charge in [-0.05, 0) is 36.8 Å². The van der Waals surface area contributed by atoms with Crippen LogP contribution in [0.3, 0.4) is 0 Å². The van der Waals surface area contributed by atoms with E-state index in [9.17, 15) is 4.39 Å². The summed E-state index contributed by atoms with van der Waals surface area (Å²) in [6.07, 6.45) is 1.86. The van der Waals surface area contributed by atoms with Gasteiger partial charge in [0, 0.05) is 21.9 Å². The van der Waals surface area contributed by atoms with Crippen molar-refractivity contribution in [1.29, 1.82) is 0 Å². The number of hydrogen-bond donors (Lipinski definition) is 1. The highest BCUT2D eigenvalue weighted by molar-refractivity contribution is 9.10. The molecular formula is C11H9BrFN. The van der Waals surface area contributed by atoms with Crippen LogP contribution < -0.4 is 0 Å². The molecule has 0 spiro atoms. The van der Waals surface area contributed by atoms with Crippen molar-refractivity contribution in [3.63, 3.8) is 0 Å². The van der Waals surface area contributed by atoms with E-state index in [0.717, 1.165) is 15.7 Å². The van der Waals surface area contributed by atoms with Crippen LogP contribution >= 0.6 is 15.9 Å². The van der Waals surface area contributed by atoms with Gasteiger partial charge < -0.3 is 4.98 Å². The average Bonchev–Trinajstić information content (AvgIpc) is 2.56.